The summed E-state index contributed by atoms with van der Waals surface area (Å²) in [4.78, 5) is 10.8. The average molecular weight is 577 g/mol. The van der Waals surface area contributed by atoms with Crippen LogP contribution in [0.25, 0.3) is 0 Å². The summed E-state index contributed by atoms with van der Waals surface area (Å²) in [5.74, 6) is 0. The zero-order chi connectivity index (χ0) is 24.5. The van der Waals surface area contributed by atoms with Gasteiger partial charge in [0.15, 0.2) is 0 Å². The Kier molecular flexibility index (Phi) is 14.9. The molecule has 0 spiro atoms. The zero-order valence-corrected chi connectivity index (χ0v) is 24.5. The number of benzene rings is 1. The van der Waals surface area contributed by atoms with E-state index in [2.05, 4.69) is 26.8 Å². The van der Waals surface area contributed by atoms with Crippen LogP contribution in [0, 0.1) is 0 Å². The summed E-state index contributed by atoms with van der Waals surface area (Å²) in [6.45, 7) is 7.41. The van der Waals surface area contributed by atoms with Crippen molar-refractivity contribution in [1.82, 2.24) is 0 Å². The summed E-state index contributed by atoms with van der Waals surface area (Å²) in [7, 11) is 0. The Morgan fingerprint density at radius 2 is 1.62 bits per heavy atom. The number of rotatable bonds is 17. The summed E-state index contributed by atoms with van der Waals surface area (Å²) in [6, 6.07) is 9.97. The van der Waals surface area contributed by atoms with Gasteiger partial charge in [0.05, 0.1) is 0 Å². The Morgan fingerprint density at radius 3 is 2.21 bits per heavy atom. The summed E-state index contributed by atoms with van der Waals surface area (Å²) in [5, 5.41) is 0. The third-order valence-electron chi connectivity index (χ3n) is 6.77. The minimum absolute atomic E-state index is 0.217. The molecule has 1 aromatic carbocycles. The Balaban J connectivity index is 2.03. The van der Waals surface area contributed by atoms with E-state index in [4.69, 9.17) is 14.2 Å². The Bertz CT molecular complexity index is 696. The second-order valence-electron chi connectivity index (χ2n) is 9.57. The first-order valence-corrected chi connectivity index (χ1v) is 21.5. The molecule has 0 aliphatic carbocycles. The molecule has 0 bridgehead atoms. The molecule has 3 atom stereocenters. The molecule has 2 rings (SSSR count). The summed E-state index contributed by atoms with van der Waals surface area (Å²) in [5.41, 5.74) is 0.993. The van der Waals surface area contributed by atoms with Gasteiger partial charge in [0.2, 0.25) is 0 Å². The third kappa shape index (κ3) is 10.2. The minimum atomic E-state index is -2.20. The van der Waals surface area contributed by atoms with E-state index >= 15 is 0 Å². The molecule has 34 heavy (non-hydrogen) atoms. The van der Waals surface area contributed by atoms with Gasteiger partial charge in [-0.1, -0.05) is 0 Å². The van der Waals surface area contributed by atoms with E-state index in [0.717, 1.165) is 11.8 Å². The van der Waals surface area contributed by atoms with Gasteiger partial charge < -0.3 is 0 Å². The van der Waals surface area contributed by atoms with Gasteiger partial charge in [-0.15, -0.1) is 0 Å². The molecule has 1 aliphatic rings. The van der Waals surface area contributed by atoms with E-state index in [1.807, 2.05) is 48.7 Å². The number of allylic oxidation sites excluding steroid dienone is 2. The molecule has 0 amide bonds. The molecule has 0 N–H and O–H groups in total. The fourth-order valence-electron chi connectivity index (χ4n) is 4.68. The molecule has 1 fully saturated rings. The number of hydrogen-bond acceptors (Lipinski definition) is 4. The fraction of sp³-hybridized carbons (Fsp3) is 0.621. The van der Waals surface area contributed by atoms with Gasteiger partial charge in [-0.2, -0.15) is 0 Å². The van der Waals surface area contributed by atoms with Gasteiger partial charge >= 0.3 is 213 Å². The van der Waals surface area contributed by atoms with E-state index < -0.39 is 24.7 Å². The number of ether oxygens (including phenoxy) is 3. The predicted octanol–water partition coefficient (Wildman–Crippen LogP) is 7.99. The summed E-state index contributed by atoms with van der Waals surface area (Å²) in [6.07, 6.45) is 16.4. The summed E-state index contributed by atoms with van der Waals surface area (Å²) >= 11 is -2.20. The molecule has 0 saturated carbocycles. The Labute approximate surface area is 212 Å². The van der Waals surface area contributed by atoms with Crippen LogP contribution in [0.15, 0.2) is 54.8 Å². The molecule has 1 saturated heterocycles. The molecule has 190 valence electrons. The number of unbranched alkanes of at least 4 members (excludes halogenated alkanes) is 3. The van der Waals surface area contributed by atoms with Crippen LogP contribution in [-0.2, 0) is 19.0 Å². The van der Waals surface area contributed by atoms with Gasteiger partial charge in [-0.3, -0.25) is 0 Å². The number of aldehydes is 1. The maximum atomic E-state index is 10.8. The van der Waals surface area contributed by atoms with E-state index in [1.54, 1.807) is 0 Å². The van der Waals surface area contributed by atoms with Gasteiger partial charge in [-0.25, -0.2) is 0 Å². The van der Waals surface area contributed by atoms with Crippen LogP contribution < -0.4 is 0 Å². The predicted molar refractivity (Wildman–Crippen MR) is 144 cm³/mol. The normalized spacial score (nSPS) is 21.3. The van der Waals surface area contributed by atoms with Gasteiger partial charge in [-0.05, 0) is 0 Å². The van der Waals surface area contributed by atoms with Crippen LogP contribution in [0.2, 0.25) is 17.7 Å². The molecule has 1 aromatic rings. The molecule has 0 radical (unpaired) electrons. The van der Waals surface area contributed by atoms with E-state index in [-0.39, 0.29) is 12.2 Å². The van der Waals surface area contributed by atoms with Crippen LogP contribution in [0.3, 0.4) is 0 Å². The van der Waals surface area contributed by atoms with Crippen molar-refractivity contribution in [3.8, 4) is 0 Å². The molecule has 1 heterocycles. The van der Waals surface area contributed by atoms with Crippen molar-refractivity contribution in [3.05, 3.63) is 60.4 Å². The van der Waals surface area contributed by atoms with Crippen LogP contribution in [0.1, 0.15) is 77.6 Å². The van der Waals surface area contributed by atoms with Crippen molar-refractivity contribution in [1.29, 1.82) is 0 Å². The number of carbonyl (C=O) groups excluding carboxylic acids is 1. The first kappa shape index (κ1) is 29.1. The van der Waals surface area contributed by atoms with Gasteiger partial charge in [0, 0.05) is 0 Å². The van der Waals surface area contributed by atoms with Crippen LogP contribution in [-0.4, -0.2) is 43.5 Å². The molecular formula is C29H46O4Sn. The van der Waals surface area contributed by atoms with Crippen molar-refractivity contribution in [3.63, 3.8) is 0 Å². The van der Waals surface area contributed by atoms with Crippen LogP contribution in [0.4, 0.5) is 0 Å². The van der Waals surface area contributed by atoms with Crippen molar-refractivity contribution in [2.24, 2.45) is 0 Å². The first-order valence-electron chi connectivity index (χ1n) is 13.4. The SMILES string of the molecule is CCC[CH2][Sn]([CH2]/C=C\O[C@@H]1CO[C@@H](c2ccccc2)O[C@H]1/C=C\CC=O)([CH2]CCC)[CH2]CCC. The molecular weight excluding hydrogens is 531 g/mol. The summed E-state index contributed by atoms with van der Waals surface area (Å²) < 4.78 is 24.2. The van der Waals surface area contributed by atoms with Crippen molar-refractivity contribution >= 4 is 24.7 Å². The van der Waals surface area contributed by atoms with Crippen LogP contribution >= 0.6 is 0 Å². The second-order valence-corrected chi connectivity index (χ2v) is 23.6. The Hall–Kier alpha value is -1.11. The number of carbonyl (C=O) groups is 1. The third-order valence-corrected chi connectivity index (χ3v) is 22.0. The van der Waals surface area contributed by atoms with E-state index in [1.165, 1.54) is 56.3 Å². The van der Waals surface area contributed by atoms with E-state index in [9.17, 15) is 4.79 Å². The van der Waals surface area contributed by atoms with Gasteiger partial charge in [0.25, 0.3) is 0 Å². The second kappa shape index (κ2) is 17.3. The van der Waals surface area contributed by atoms with Crippen molar-refractivity contribution in [2.45, 2.75) is 102 Å². The maximum absolute atomic E-state index is 10.8. The number of hydrogen-bond donors (Lipinski definition) is 0. The average Bonchev–Trinajstić information content (AvgIpc) is 2.88. The van der Waals surface area contributed by atoms with E-state index in [0.29, 0.717) is 13.0 Å². The standard InChI is InChI=1S/C17H19O4.3C4H9.Sn/c1-2-12-19-16-13-20-17(14-8-4-3-5-9-14)21-15(16)10-6-7-11-18;3*1-3-4-2;/h2-6,8-12,15-17H,1,7,13H2;3*1,3-4H2,2H3;/b10-6-,12-2-;;;;/t15-,16+,17+;;;;/m0..../s1. The van der Waals surface area contributed by atoms with Gasteiger partial charge in [0.1, 0.15) is 0 Å². The van der Waals surface area contributed by atoms with Crippen molar-refractivity contribution in [2.75, 3.05) is 6.61 Å². The molecule has 0 aromatic heterocycles. The quantitative estimate of drug-likeness (QED) is 0.0815. The molecule has 1 aliphatic heterocycles. The topological polar surface area (TPSA) is 44.8 Å². The van der Waals surface area contributed by atoms with Crippen LogP contribution in [0.5, 0.6) is 0 Å². The molecule has 4 nitrogen and oxygen atoms in total. The molecule has 0 unspecified atom stereocenters. The molecule has 5 heteroatoms. The fourth-order valence-corrected chi connectivity index (χ4v) is 19.7. The first-order chi connectivity index (χ1) is 16.7. The van der Waals surface area contributed by atoms with Crippen molar-refractivity contribution < 1.29 is 19.0 Å². The monoisotopic (exact) mass is 578 g/mol. The zero-order valence-electron chi connectivity index (χ0n) is 21.6. The Morgan fingerprint density at radius 1 is 0.971 bits per heavy atom.